The largest absolute Gasteiger partial charge is 0.501 e. The molecule has 148 valence electrons. The molecule has 2 aromatic carbocycles. The Morgan fingerprint density at radius 2 is 1.64 bits per heavy atom. The fraction of sp³-hybridized carbons (Fsp3) is 0.111. The highest BCUT2D eigenvalue weighted by molar-refractivity contribution is 7.86. The normalized spacial score (nSPS) is 12.1. The Morgan fingerprint density at radius 1 is 1.04 bits per heavy atom. The van der Waals surface area contributed by atoms with Crippen molar-refractivity contribution in [3.8, 4) is 22.8 Å². The zero-order valence-electron chi connectivity index (χ0n) is 14.1. The summed E-state index contributed by atoms with van der Waals surface area (Å²) in [5.74, 6) is -2.66. The molecule has 0 aliphatic carbocycles. The molecule has 28 heavy (non-hydrogen) atoms. The first-order valence-electron chi connectivity index (χ1n) is 7.82. The number of furan rings is 1. The second-order valence-electron chi connectivity index (χ2n) is 5.82. The first-order chi connectivity index (χ1) is 13.1. The van der Waals surface area contributed by atoms with Crippen LogP contribution >= 0.6 is 0 Å². The van der Waals surface area contributed by atoms with Crippen molar-refractivity contribution in [1.29, 1.82) is 0 Å². The summed E-state index contributed by atoms with van der Waals surface area (Å²) in [4.78, 5) is 0. The molecule has 0 fully saturated rings. The maximum Gasteiger partial charge on any atom is 0.416 e. The molecule has 10 heteroatoms. The Bertz CT molecular complexity index is 1070. The van der Waals surface area contributed by atoms with Crippen molar-refractivity contribution >= 4 is 16.0 Å². The van der Waals surface area contributed by atoms with Gasteiger partial charge in [0.25, 0.3) is 0 Å². The van der Waals surface area contributed by atoms with Crippen molar-refractivity contribution in [3.05, 3.63) is 65.7 Å². The number of hydrogen-bond donors (Lipinski definition) is 2. The third-order valence-electron chi connectivity index (χ3n) is 3.74. The summed E-state index contributed by atoms with van der Waals surface area (Å²) >= 11 is 0. The van der Waals surface area contributed by atoms with Crippen LogP contribution in [0.1, 0.15) is 11.1 Å². The lowest BCUT2D eigenvalue weighted by Crippen LogP contribution is -2.12. The number of hydrogen-bond acceptors (Lipinski definition) is 6. The average Bonchev–Trinajstić information content (AvgIpc) is 2.89. The smallest absolute Gasteiger partial charge is 0.416 e. The first kappa shape index (κ1) is 19.6. The third-order valence-corrected chi connectivity index (χ3v) is 4.84. The van der Waals surface area contributed by atoms with Gasteiger partial charge in [0, 0.05) is 5.56 Å². The Morgan fingerprint density at radius 3 is 2.21 bits per heavy atom. The van der Waals surface area contributed by atoms with E-state index in [0.717, 1.165) is 24.3 Å². The van der Waals surface area contributed by atoms with Gasteiger partial charge in [-0.1, -0.05) is 42.5 Å². The fourth-order valence-corrected chi connectivity index (χ4v) is 3.52. The first-order valence-corrected chi connectivity index (χ1v) is 9.39. The number of anilines is 1. The van der Waals surface area contributed by atoms with Gasteiger partial charge in [0.15, 0.2) is 5.76 Å². The molecule has 3 aromatic rings. The molecule has 0 atom stereocenters. The zero-order valence-corrected chi connectivity index (χ0v) is 14.9. The minimum Gasteiger partial charge on any atom is -0.501 e. The van der Waals surface area contributed by atoms with E-state index in [2.05, 4.69) is 0 Å². The topological polar surface area (TPSA) is 103 Å². The highest BCUT2D eigenvalue weighted by Crippen LogP contribution is 2.45. The molecular formula is C18H14F3NO5S. The van der Waals surface area contributed by atoms with Crippen LogP contribution in [0.3, 0.4) is 0 Å². The van der Waals surface area contributed by atoms with Crippen molar-refractivity contribution in [2.45, 2.75) is 11.9 Å². The molecule has 0 spiro atoms. The monoisotopic (exact) mass is 413 g/mol. The standard InChI is InChI=1S/C18H14F3NO5S/c19-18(20,21)13-8-6-12(7-9-13)15-14(23)16(17(22)26-15)27-28(24,25)10-11-4-2-1-3-5-11/h1-9,23H,10,22H2. The fourth-order valence-electron chi connectivity index (χ4n) is 2.45. The maximum absolute atomic E-state index is 12.7. The van der Waals surface area contributed by atoms with Crippen LogP contribution in [0.15, 0.2) is 59.0 Å². The van der Waals surface area contributed by atoms with Crippen LogP contribution in [0.25, 0.3) is 11.3 Å². The summed E-state index contributed by atoms with van der Waals surface area (Å²) in [6, 6.07) is 11.9. The van der Waals surface area contributed by atoms with Gasteiger partial charge in [-0.25, -0.2) is 0 Å². The molecule has 0 saturated carbocycles. The number of halogens is 3. The number of alkyl halides is 3. The number of nitrogens with two attached hydrogens (primary N) is 1. The Balaban J connectivity index is 1.88. The summed E-state index contributed by atoms with van der Waals surface area (Å²) in [6.07, 6.45) is -4.53. The van der Waals surface area contributed by atoms with Gasteiger partial charge in [0.05, 0.1) is 5.56 Å². The highest BCUT2D eigenvalue weighted by atomic mass is 32.2. The summed E-state index contributed by atoms with van der Waals surface area (Å²) in [7, 11) is -4.18. The number of benzene rings is 2. The SMILES string of the molecule is Nc1oc(-c2ccc(C(F)(F)F)cc2)c(O)c1OS(=O)(=O)Cc1ccccc1. The number of aromatic hydroxyl groups is 1. The lowest BCUT2D eigenvalue weighted by molar-refractivity contribution is -0.137. The summed E-state index contributed by atoms with van der Waals surface area (Å²) in [6.45, 7) is 0. The third kappa shape index (κ3) is 4.22. The second kappa shape index (κ2) is 7.12. The molecule has 6 nitrogen and oxygen atoms in total. The zero-order chi connectivity index (χ0) is 20.5. The molecule has 0 saturated heterocycles. The van der Waals surface area contributed by atoms with Gasteiger partial charge in [0.1, 0.15) is 5.75 Å². The Hall–Kier alpha value is -3.14. The lowest BCUT2D eigenvalue weighted by atomic mass is 10.1. The van der Waals surface area contributed by atoms with Gasteiger partial charge in [-0.15, -0.1) is 0 Å². The number of rotatable bonds is 5. The molecular weight excluding hydrogens is 399 g/mol. The van der Waals surface area contributed by atoms with Gasteiger partial charge < -0.3 is 19.4 Å². The minimum absolute atomic E-state index is 0.0625. The molecule has 0 aliphatic rings. The van der Waals surface area contributed by atoms with Crippen LogP contribution in [-0.4, -0.2) is 13.5 Å². The van der Waals surface area contributed by atoms with E-state index in [0.29, 0.717) is 5.56 Å². The maximum atomic E-state index is 12.7. The number of nitrogen functional groups attached to an aromatic ring is 1. The Labute approximate surface area is 158 Å². The summed E-state index contributed by atoms with van der Waals surface area (Å²) < 4.78 is 72.4. The van der Waals surface area contributed by atoms with E-state index in [4.69, 9.17) is 14.3 Å². The summed E-state index contributed by atoms with van der Waals surface area (Å²) in [5, 5.41) is 10.2. The molecule has 0 radical (unpaired) electrons. The van der Waals surface area contributed by atoms with Crippen molar-refractivity contribution in [2.75, 3.05) is 5.73 Å². The van der Waals surface area contributed by atoms with Crippen molar-refractivity contribution in [2.24, 2.45) is 0 Å². The molecule has 0 bridgehead atoms. The molecule has 0 aliphatic heterocycles. The van der Waals surface area contributed by atoms with E-state index in [9.17, 15) is 26.7 Å². The minimum atomic E-state index is -4.53. The van der Waals surface area contributed by atoms with Crippen LogP contribution in [-0.2, 0) is 22.0 Å². The van der Waals surface area contributed by atoms with Crippen LogP contribution in [0, 0.1) is 0 Å². The van der Waals surface area contributed by atoms with Crippen molar-refractivity contribution in [1.82, 2.24) is 0 Å². The van der Waals surface area contributed by atoms with E-state index in [1.165, 1.54) is 0 Å². The Kier molecular flexibility index (Phi) is 4.99. The van der Waals surface area contributed by atoms with E-state index >= 15 is 0 Å². The van der Waals surface area contributed by atoms with Crippen LogP contribution in [0.2, 0.25) is 0 Å². The average molecular weight is 413 g/mol. The van der Waals surface area contributed by atoms with Gasteiger partial charge in [-0.2, -0.15) is 21.6 Å². The molecule has 3 N–H and O–H groups in total. The van der Waals surface area contributed by atoms with Gasteiger partial charge in [-0.05, 0) is 17.7 Å². The van der Waals surface area contributed by atoms with E-state index < -0.39 is 45.0 Å². The van der Waals surface area contributed by atoms with Crippen LogP contribution in [0.5, 0.6) is 11.5 Å². The predicted molar refractivity (Wildman–Crippen MR) is 94.9 cm³/mol. The van der Waals surface area contributed by atoms with E-state index in [-0.39, 0.29) is 11.3 Å². The van der Waals surface area contributed by atoms with Gasteiger partial charge in [-0.3, -0.25) is 0 Å². The van der Waals surface area contributed by atoms with Crippen LogP contribution < -0.4 is 9.92 Å². The molecule has 3 rings (SSSR count). The predicted octanol–water partition coefficient (Wildman–Crippen LogP) is 4.16. The molecule has 0 amide bonds. The lowest BCUT2D eigenvalue weighted by Gasteiger charge is -2.07. The van der Waals surface area contributed by atoms with E-state index in [1.54, 1.807) is 30.3 Å². The molecule has 0 unspecified atom stereocenters. The summed E-state index contributed by atoms with van der Waals surface area (Å²) in [5.41, 5.74) is 5.21. The van der Waals surface area contributed by atoms with Crippen molar-refractivity contribution in [3.63, 3.8) is 0 Å². The highest BCUT2D eigenvalue weighted by Gasteiger charge is 2.31. The quantitative estimate of drug-likeness (QED) is 0.609. The second-order valence-corrected chi connectivity index (χ2v) is 7.39. The van der Waals surface area contributed by atoms with Gasteiger partial charge >= 0.3 is 16.3 Å². The van der Waals surface area contributed by atoms with Crippen LogP contribution in [0.4, 0.5) is 19.1 Å². The van der Waals surface area contributed by atoms with Crippen molar-refractivity contribution < 1.29 is 35.3 Å². The van der Waals surface area contributed by atoms with E-state index in [1.807, 2.05) is 0 Å². The van der Waals surface area contributed by atoms with Gasteiger partial charge in [0.2, 0.25) is 17.4 Å². The molecule has 1 heterocycles. The molecule has 1 aromatic heterocycles.